The van der Waals surface area contributed by atoms with E-state index in [1.54, 1.807) is 0 Å². The Balaban J connectivity index is 4.05. The van der Waals surface area contributed by atoms with Gasteiger partial charge in [-0.3, -0.25) is 4.79 Å². The summed E-state index contributed by atoms with van der Waals surface area (Å²) in [4.78, 5) is 11.3. The van der Waals surface area contributed by atoms with Crippen molar-refractivity contribution in [1.82, 2.24) is 5.32 Å². The van der Waals surface area contributed by atoms with Crippen molar-refractivity contribution < 1.29 is 14.6 Å². The van der Waals surface area contributed by atoms with Gasteiger partial charge in [-0.25, -0.2) is 0 Å². The zero-order valence-corrected chi connectivity index (χ0v) is 10.2. The number of rotatable bonds is 7. The molecule has 0 aliphatic carbocycles. The molecule has 0 rings (SSSR count). The predicted octanol–water partition coefficient (Wildman–Crippen LogP) is 0.936. The Morgan fingerprint density at radius 2 is 2.13 bits per heavy atom. The molecule has 0 saturated carbocycles. The minimum atomic E-state index is -0.243. The number of ether oxygens (including phenoxy) is 1. The van der Waals surface area contributed by atoms with E-state index in [9.17, 15) is 4.79 Å². The molecule has 0 amide bonds. The second kappa shape index (κ2) is 6.80. The van der Waals surface area contributed by atoms with Crippen molar-refractivity contribution in [2.75, 3.05) is 20.3 Å². The zero-order chi connectivity index (χ0) is 11.9. The monoisotopic (exact) mass is 217 g/mol. The van der Waals surface area contributed by atoms with Gasteiger partial charge in [-0.2, -0.15) is 0 Å². The zero-order valence-electron chi connectivity index (χ0n) is 10.2. The van der Waals surface area contributed by atoms with E-state index in [1.807, 2.05) is 6.92 Å². The van der Waals surface area contributed by atoms with E-state index in [2.05, 4.69) is 23.9 Å². The van der Waals surface area contributed by atoms with E-state index < -0.39 is 0 Å². The first-order chi connectivity index (χ1) is 6.96. The van der Waals surface area contributed by atoms with E-state index in [0.717, 1.165) is 6.42 Å². The van der Waals surface area contributed by atoms with Gasteiger partial charge >= 0.3 is 5.97 Å². The molecular weight excluding hydrogens is 194 g/mol. The number of aliphatic hydroxyl groups is 1. The summed E-state index contributed by atoms with van der Waals surface area (Å²) < 4.78 is 4.68. The van der Waals surface area contributed by atoms with Crippen molar-refractivity contribution in [1.29, 1.82) is 0 Å². The van der Waals surface area contributed by atoms with Crippen LogP contribution in [0.3, 0.4) is 0 Å². The molecule has 0 saturated heterocycles. The summed E-state index contributed by atoms with van der Waals surface area (Å²) in [5.74, 6) is -0.225. The van der Waals surface area contributed by atoms with Gasteiger partial charge in [-0.1, -0.05) is 20.8 Å². The highest BCUT2D eigenvalue weighted by Crippen LogP contribution is 2.18. The molecule has 90 valence electrons. The van der Waals surface area contributed by atoms with Crippen molar-refractivity contribution in [2.45, 2.75) is 39.7 Å². The summed E-state index contributed by atoms with van der Waals surface area (Å²) in [5.41, 5.74) is -0.00378. The molecule has 2 N–H and O–H groups in total. The Labute approximate surface area is 92.0 Å². The highest BCUT2D eigenvalue weighted by Gasteiger charge is 2.22. The molecule has 4 heteroatoms. The lowest BCUT2D eigenvalue weighted by molar-refractivity contribution is -0.143. The lowest BCUT2D eigenvalue weighted by atomic mass is 9.89. The molecule has 0 spiro atoms. The molecule has 15 heavy (non-hydrogen) atoms. The van der Waals surface area contributed by atoms with Crippen LogP contribution < -0.4 is 5.32 Å². The van der Waals surface area contributed by atoms with Gasteiger partial charge in [0.15, 0.2) is 0 Å². The molecular formula is C11H23NO3. The summed E-state index contributed by atoms with van der Waals surface area (Å²) in [6, 6.07) is -0.243. The number of aliphatic hydroxyl groups excluding tert-OH is 1. The number of hydrogen-bond donors (Lipinski definition) is 2. The van der Waals surface area contributed by atoms with Gasteiger partial charge in [0.1, 0.15) is 6.04 Å². The van der Waals surface area contributed by atoms with E-state index in [0.29, 0.717) is 13.0 Å². The molecule has 4 nitrogen and oxygen atoms in total. The van der Waals surface area contributed by atoms with Gasteiger partial charge in [0.05, 0.1) is 7.11 Å². The molecule has 0 aliphatic heterocycles. The number of hydrogen-bond acceptors (Lipinski definition) is 4. The Morgan fingerprint density at radius 3 is 2.53 bits per heavy atom. The van der Waals surface area contributed by atoms with Crippen LogP contribution in [-0.4, -0.2) is 37.4 Å². The number of carbonyl (C=O) groups is 1. The quantitative estimate of drug-likeness (QED) is 0.623. The summed E-state index contributed by atoms with van der Waals surface area (Å²) in [6.07, 6.45) is 1.43. The predicted molar refractivity (Wildman–Crippen MR) is 59.6 cm³/mol. The fraction of sp³-hybridized carbons (Fsp3) is 0.909. The average molecular weight is 217 g/mol. The normalized spacial score (nSPS) is 13.7. The molecule has 1 unspecified atom stereocenters. The van der Waals surface area contributed by atoms with Crippen LogP contribution >= 0.6 is 0 Å². The molecule has 0 aromatic heterocycles. The maximum atomic E-state index is 11.3. The summed E-state index contributed by atoms with van der Waals surface area (Å²) >= 11 is 0. The fourth-order valence-corrected chi connectivity index (χ4v) is 1.33. The van der Waals surface area contributed by atoms with Crippen molar-refractivity contribution in [3.8, 4) is 0 Å². The lowest BCUT2D eigenvalue weighted by Crippen LogP contribution is -2.42. The molecule has 0 aromatic rings. The minimum Gasteiger partial charge on any atom is -0.468 e. The van der Waals surface area contributed by atoms with Crippen molar-refractivity contribution in [2.24, 2.45) is 5.41 Å². The summed E-state index contributed by atoms with van der Waals surface area (Å²) in [6.45, 7) is 6.92. The second-order valence-electron chi connectivity index (χ2n) is 4.50. The average Bonchev–Trinajstić information content (AvgIpc) is 2.18. The largest absolute Gasteiger partial charge is 0.468 e. The Kier molecular flexibility index (Phi) is 6.52. The molecule has 0 fully saturated rings. The smallest absolute Gasteiger partial charge is 0.322 e. The first-order valence-electron chi connectivity index (χ1n) is 5.39. The maximum absolute atomic E-state index is 11.3. The fourth-order valence-electron chi connectivity index (χ4n) is 1.33. The Morgan fingerprint density at radius 1 is 1.53 bits per heavy atom. The first kappa shape index (κ1) is 14.4. The molecule has 0 aliphatic rings. The van der Waals surface area contributed by atoms with Crippen molar-refractivity contribution in [3.63, 3.8) is 0 Å². The number of carbonyl (C=O) groups excluding carboxylic acids is 1. The summed E-state index contributed by atoms with van der Waals surface area (Å²) in [5, 5.41) is 12.0. The van der Waals surface area contributed by atoms with E-state index in [-0.39, 0.29) is 24.0 Å². The molecule has 0 heterocycles. The van der Waals surface area contributed by atoms with Crippen LogP contribution in [0.25, 0.3) is 0 Å². The third-order valence-electron chi connectivity index (χ3n) is 2.51. The van der Waals surface area contributed by atoms with Gasteiger partial charge in [-0.15, -0.1) is 0 Å². The molecule has 1 atom stereocenters. The van der Waals surface area contributed by atoms with E-state index >= 15 is 0 Å². The standard InChI is InChI=1S/C11H23NO3/c1-5-9(10(14)15-4)12-8-11(2,3)6-7-13/h9,12-13H,5-8H2,1-4H3. The third-order valence-corrected chi connectivity index (χ3v) is 2.51. The molecule has 0 bridgehead atoms. The maximum Gasteiger partial charge on any atom is 0.322 e. The first-order valence-corrected chi connectivity index (χ1v) is 5.39. The number of nitrogens with one attached hydrogen (secondary N) is 1. The highest BCUT2D eigenvalue weighted by molar-refractivity contribution is 5.75. The second-order valence-corrected chi connectivity index (χ2v) is 4.50. The van der Waals surface area contributed by atoms with Gasteiger partial charge < -0.3 is 15.2 Å². The lowest BCUT2D eigenvalue weighted by Gasteiger charge is -2.26. The van der Waals surface area contributed by atoms with Gasteiger partial charge in [-0.05, 0) is 18.3 Å². The molecule has 0 radical (unpaired) electrons. The minimum absolute atomic E-state index is 0.00378. The van der Waals surface area contributed by atoms with Crippen molar-refractivity contribution in [3.05, 3.63) is 0 Å². The molecule has 0 aromatic carbocycles. The van der Waals surface area contributed by atoms with Gasteiger partial charge in [0, 0.05) is 13.2 Å². The highest BCUT2D eigenvalue weighted by atomic mass is 16.5. The van der Waals surface area contributed by atoms with Crippen molar-refractivity contribution >= 4 is 5.97 Å². The van der Waals surface area contributed by atoms with Crippen LogP contribution in [0, 0.1) is 5.41 Å². The Hall–Kier alpha value is -0.610. The number of methoxy groups -OCH3 is 1. The van der Waals surface area contributed by atoms with Crippen LogP contribution in [0.4, 0.5) is 0 Å². The third kappa shape index (κ3) is 5.74. The van der Waals surface area contributed by atoms with E-state index in [1.165, 1.54) is 7.11 Å². The summed E-state index contributed by atoms with van der Waals surface area (Å²) in [7, 11) is 1.39. The van der Waals surface area contributed by atoms with E-state index in [4.69, 9.17) is 5.11 Å². The van der Waals surface area contributed by atoms with Crippen LogP contribution in [-0.2, 0) is 9.53 Å². The topological polar surface area (TPSA) is 58.6 Å². The SMILES string of the molecule is CCC(NCC(C)(C)CCO)C(=O)OC. The van der Waals surface area contributed by atoms with Crippen LogP contribution in [0.1, 0.15) is 33.6 Å². The van der Waals surface area contributed by atoms with Gasteiger partial charge in [0.25, 0.3) is 0 Å². The van der Waals surface area contributed by atoms with Crippen LogP contribution in [0.5, 0.6) is 0 Å². The van der Waals surface area contributed by atoms with Crippen LogP contribution in [0.15, 0.2) is 0 Å². The van der Waals surface area contributed by atoms with Crippen LogP contribution in [0.2, 0.25) is 0 Å². The Bertz CT molecular complexity index is 192. The van der Waals surface area contributed by atoms with Gasteiger partial charge in [0.2, 0.25) is 0 Å². The number of esters is 1.